The van der Waals surface area contributed by atoms with Crippen LogP contribution in [0.5, 0.6) is 0 Å². The van der Waals surface area contributed by atoms with E-state index in [2.05, 4.69) is 230 Å². The smallest absolute Gasteiger partial charge is 0.0462 e. The van der Waals surface area contributed by atoms with Gasteiger partial charge in [-0.25, -0.2) is 0 Å². The third-order valence-electron chi connectivity index (χ3n) is 8.82. The van der Waals surface area contributed by atoms with Gasteiger partial charge < -0.3 is 9.80 Å². The predicted molar refractivity (Wildman–Crippen MR) is 216 cm³/mol. The van der Waals surface area contributed by atoms with Gasteiger partial charge in [0.1, 0.15) is 0 Å². The molecule has 0 radical (unpaired) electrons. The first kappa shape index (κ1) is 32.2. The Balaban J connectivity index is 1.09. The van der Waals surface area contributed by atoms with Gasteiger partial charge in [-0.05, 0) is 109 Å². The molecule has 2 heteroatoms. The van der Waals surface area contributed by atoms with Crippen LogP contribution in [-0.4, -0.2) is 0 Å². The molecule has 0 aliphatic heterocycles. The van der Waals surface area contributed by atoms with Crippen LogP contribution in [0, 0.1) is 13.8 Å². The van der Waals surface area contributed by atoms with E-state index in [1.807, 2.05) is 0 Å². The van der Waals surface area contributed by atoms with Crippen molar-refractivity contribution in [2.45, 2.75) is 13.8 Å². The minimum Gasteiger partial charge on any atom is -0.311 e. The lowest BCUT2D eigenvalue weighted by atomic mass is 10.0. The number of nitrogens with zero attached hydrogens (tertiary/aromatic N) is 2. The highest BCUT2D eigenvalue weighted by molar-refractivity contribution is 5.82. The standard InChI is InChI=1S/C48H40N2/c1-37-17-29-45(30-18-37)49(43-13-5-3-6-14-43)47-33-23-39(24-34-47)21-27-41-11-9-10-12-42(41)28-22-40-25-35-48(36-26-40)50(44-15-7-4-8-16-44)46-31-19-38(2)20-32-46/h3-36H,1-2H3/b27-21+,28-22+. The van der Waals surface area contributed by atoms with Crippen LogP contribution in [0.15, 0.2) is 182 Å². The van der Waals surface area contributed by atoms with Gasteiger partial charge in [-0.15, -0.1) is 0 Å². The van der Waals surface area contributed by atoms with Gasteiger partial charge in [-0.3, -0.25) is 0 Å². The van der Waals surface area contributed by atoms with Crippen molar-refractivity contribution in [3.05, 3.63) is 215 Å². The normalized spacial score (nSPS) is 11.2. The zero-order valence-corrected chi connectivity index (χ0v) is 28.5. The van der Waals surface area contributed by atoms with E-state index in [0.29, 0.717) is 0 Å². The van der Waals surface area contributed by atoms with E-state index in [1.54, 1.807) is 0 Å². The second-order valence-electron chi connectivity index (χ2n) is 12.5. The first-order chi connectivity index (χ1) is 24.6. The molecule has 0 bridgehead atoms. The molecule has 0 saturated carbocycles. The summed E-state index contributed by atoms with van der Waals surface area (Å²) in [4.78, 5) is 4.59. The van der Waals surface area contributed by atoms with Crippen molar-refractivity contribution in [2.75, 3.05) is 9.80 Å². The van der Waals surface area contributed by atoms with Crippen molar-refractivity contribution < 1.29 is 0 Å². The molecule has 0 fully saturated rings. The quantitative estimate of drug-likeness (QED) is 0.137. The van der Waals surface area contributed by atoms with E-state index < -0.39 is 0 Å². The maximum Gasteiger partial charge on any atom is 0.0462 e. The fourth-order valence-corrected chi connectivity index (χ4v) is 6.09. The van der Waals surface area contributed by atoms with Crippen LogP contribution in [0.3, 0.4) is 0 Å². The third kappa shape index (κ3) is 7.67. The van der Waals surface area contributed by atoms with Crippen LogP contribution in [0.2, 0.25) is 0 Å². The molecule has 0 unspecified atom stereocenters. The molecule has 7 rings (SSSR count). The summed E-state index contributed by atoms with van der Waals surface area (Å²) in [7, 11) is 0. The maximum atomic E-state index is 2.29. The average Bonchev–Trinajstić information content (AvgIpc) is 3.17. The molecule has 0 aromatic heterocycles. The molecule has 0 N–H and O–H groups in total. The first-order valence-corrected chi connectivity index (χ1v) is 17.1. The summed E-state index contributed by atoms with van der Waals surface area (Å²) in [6.07, 6.45) is 8.78. The van der Waals surface area contributed by atoms with Crippen molar-refractivity contribution in [1.29, 1.82) is 0 Å². The van der Waals surface area contributed by atoms with Crippen LogP contribution in [0.4, 0.5) is 34.1 Å². The fourth-order valence-electron chi connectivity index (χ4n) is 6.09. The summed E-state index contributed by atoms with van der Waals surface area (Å²) in [6.45, 7) is 4.24. The number of benzene rings is 7. The van der Waals surface area contributed by atoms with E-state index >= 15 is 0 Å². The Bertz CT molecular complexity index is 2020. The number of rotatable bonds is 10. The van der Waals surface area contributed by atoms with Crippen LogP contribution in [0.25, 0.3) is 24.3 Å². The molecular formula is C48H40N2. The summed E-state index contributed by atoms with van der Waals surface area (Å²) < 4.78 is 0. The van der Waals surface area contributed by atoms with Gasteiger partial charge in [-0.1, -0.05) is 145 Å². The molecule has 0 atom stereocenters. The second-order valence-corrected chi connectivity index (χ2v) is 12.5. The molecular weight excluding hydrogens is 605 g/mol. The van der Waals surface area contributed by atoms with Crippen molar-refractivity contribution in [3.8, 4) is 0 Å². The van der Waals surface area contributed by atoms with E-state index in [0.717, 1.165) is 45.3 Å². The fraction of sp³-hybridized carbons (Fsp3) is 0.0417. The maximum absolute atomic E-state index is 2.29. The van der Waals surface area contributed by atoms with Crippen LogP contribution >= 0.6 is 0 Å². The average molecular weight is 645 g/mol. The minimum atomic E-state index is 1.12. The highest BCUT2D eigenvalue weighted by Gasteiger charge is 2.13. The minimum absolute atomic E-state index is 1.12. The number of para-hydroxylation sites is 2. The first-order valence-electron chi connectivity index (χ1n) is 17.1. The Morgan fingerprint density at radius 3 is 0.900 bits per heavy atom. The highest BCUT2D eigenvalue weighted by Crippen LogP contribution is 2.36. The molecule has 0 aliphatic rings. The molecule has 0 spiro atoms. The molecule has 0 amide bonds. The van der Waals surface area contributed by atoms with Gasteiger partial charge in [0.15, 0.2) is 0 Å². The predicted octanol–water partition coefficient (Wildman–Crippen LogP) is 13.6. The lowest BCUT2D eigenvalue weighted by Crippen LogP contribution is -2.09. The van der Waals surface area contributed by atoms with Gasteiger partial charge in [0.2, 0.25) is 0 Å². The topological polar surface area (TPSA) is 6.48 Å². The molecule has 0 saturated heterocycles. The number of hydrogen-bond donors (Lipinski definition) is 0. The Labute approximate surface area is 296 Å². The highest BCUT2D eigenvalue weighted by atomic mass is 15.1. The molecule has 7 aromatic rings. The lowest BCUT2D eigenvalue weighted by molar-refractivity contribution is 1.27. The van der Waals surface area contributed by atoms with Gasteiger partial charge in [0, 0.05) is 34.1 Å². The number of aryl methyl sites for hydroxylation is 2. The largest absolute Gasteiger partial charge is 0.311 e. The lowest BCUT2D eigenvalue weighted by Gasteiger charge is -2.25. The summed E-state index contributed by atoms with van der Waals surface area (Å²) >= 11 is 0. The van der Waals surface area contributed by atoms with Gasteiger partial charge in [0.25, 0.3) is 0 Å². The molecule has 0 aliphatic carbocycles. The van der Waals surface area contributed by atoms with E-state index in [-0.39, 0.29) is 0 Å². The number of hydrogen-bond acceptors (Lipinski definition) is 2. The van der Waals surface area contributed by atoms with Gasteiger partial charge in [-0.2, -0.15) is 0 Å². The summed E-state index contributed by atoms with van der Waals surface area (Å²) in [5.41, 5.74) is 13.9. The van der Waals surface area contributed by atoms with Crippen LogP contribution in [0.1, 0.15) is 33.4 Å². The molecule has 7 aromatic carbocycles. The molecule has 242 valence electrons. The van der Waals surface area contributed by atoms with E-state index in [4.69, 9.17) is 0 Å². The summed E-state index contributed by atoms with van der Waals surface area (Å²) in [6, 6.07) is 64.5. The SMILES string of the molecule is Cc1ccc(N(c2ccccc2)c2ccc(/C=C/c3ccccc3/C=C/c3ccc(N(c4ccccc4)c4ccc(C)cc4)cc3)cc2)cc1. The Morgan fingerprint density at radius 1 is 0.280 bits per heavy atom. The van der Waals surface area contributed by atoms with E-state index in [9.17, 15) is 0 Å². The van der Waals surface area contributed by atoms with Crippen LogP contribution in [-0.2, 0) is 0 Å². The van der Waals surface area contributed by atoms with Gasteiger partial charge in [0.05, 0.1) is 0 Å². The monoisotopic (exact) mass is 644 g/mol. The molecule has 0 heterocycles. The summed E-state index contributed by atoms with van der Waals surface area (Å²) in [5.74, 6) is 0. The molecule has 2 nitrogen and oxygen atoms in total. The third-order valence-corrected chi connectivity index (χ3v) is 8.82. The molecule has 50 heavy (non-hydrogen) atoms. The van der Waals surface area contributed by atoms with Crippen LogP contribution < -0.4 is 9.80 Å². The van der Waals surface area contributed by atoms with Crippen molar-refractivity contribution in [2.24, 2.45) is 0 Å². The van der Waals surface area contributed by atoms with Gasteiger partial charge >= 0.3 is 0 Å². The van der Waals surface area contributed by atoms with Crippen molar-refractivity contribution in [3.63, 3.8) is 0 Å². The second kappa shape index (κ2) is 15.2. The zero-order valence-electron chi connectivity index (χ0n) is 28.5. The summed E-state index contributed by atoms with van der Waals surface area (Å²) in [5, 5.41) is 0. The number of anilines is 6. The Kier molecular flexibility index (Phi) is 9.80. The van der Waals surface area contributed by atoms with Crippen molar-refractivity contribution in [1.82, 2.24) is 0 Å². The van der Waals surface area contributed by atoms with E-state index in [1.165, 1.54) is 22.3 Å². The van der Waals surface area contributed by atoms with Crippen molar-refractivity contribution >= 4 is 58.4 Å². The Morgan fingerprint density at radius 2 is 0.560 bits per heavy atom. The Hall–Kier alpha value is -6.38. The zero-order chi connectivity index (χ0) is 34.1.